The normalized spacial score (nSPS) is 21.6. The summed E-state index contributed by atoms with van der Waals surface area (Å²) in [6.45, 7) is 4.85. The number of nitro groups is 1. The Bertz CT molecular complexity index is 555. The highest BCUT2D eigenvalue weighted by Crippen LogP contribution is 2.23. The van der Waals surface area contributed by atoms with Crippen LogP contribution >= 0.6 is 12.4 Å². The Kier molecular flexibility index (Phi) is 5.62. The lowest BCUT2D eigenvalue weighted by atomic mass is 10.0. The molecule has 1 amide bonds. The number of nitro benzene ring substituents is 1. The molecule has 0 bridgehead atoms. The molecular formula is C13H17ClFN3O3. The van der Waals surface area contributed by atoms with Gasteiger partial charge in [0.25, 0.3) is 11.6 Å². The standard InChI is InChI=1S/C13H16FN3O3.ClH/c1-8-9(2)16(6-5-15-8)13(18)11-7-10(14)3-4-12(11)17(19)20;/h3-4,7-9,15H,5-6H2,1-2H3;1H. The van der Waals surface area contributed by atoms with Gasteiger partial charge in [-0.1, -0.05) is 0 Å². The van der Waals surface area contributed by atoms with Crippen molar-refractivity contribution in [2.24, 2.45) is 0 Å². The van der Waals surface area contributed by atoms with Gasteiger partial charge < -0.3 is 10.2 Å². The Morgan fingerprint density at radius 3 is 2.76 bits per heavy atom. The van der Waals surface area contributed by atoms with Crippen molar-refractivity contribution < 1.29 is 14.1 Å². The smallest absolute Gasteiger partial charge is 0.282 e. The number of hydrogen-bond acceptors (Lipinski definition) is 4. The van der Waals surface area contributed by atoms with Crippen molar-refractivity contribution in [1.29, 1.82) is 0 Å². The molecule has 6 nitrogen and oxygen atoms in total. The van der Waals surface area contributed by atoms with Crippen molar-refractivity contribution in [1.82, 2.24) is 10.2 Å². The fourth-order valence-corrected chi connectivity index (χ4v) is 2.34. The monoisotopic (exact) mass is 317 g/mol. The van der Waals surface area contributed by atoms with Gasteiger partial charge in [0.1, 0.15) is 11.4 Å². The van der Waals surface area contributed by atoms with Crippen LogP contribution in [0.15, 0.2) is 18.2 Å². The molecule has 2 unspecified atom stereocenters. The predicted octanol–water partition coefficient (Wildman–Crippen LogP) is 1.98. The van der Waals surface area contributed by atoms with E-state index in [0.29, 0.717) is 13.1 Å². The fraction of sp³-hybridized carbons (Fsp3) is 0.462. The topological polar surface area (TPSA) is 75.5 Å². The van der Waals surface area contributed by atoms with Crippen LogP contribution in [-0.2, 0) is 0 Å². The van der Waals surface area contributed by atoms with Crippen molar-refractivity contribution in [2.45, 2.75) is 25.9 Å². The predicted molar refractivity (Wildman–Crippen MR) is 78.3 cm³/mol. The molecule has 116 valence electrons. The van der Waals surface area contributed by atoms with Crippen LogP contribution < -0.4 is 5.32 Å². The van der Waals surface area contributed by atoms with Gasteiger partial charge in [-0.15, -0.1) is 12.4 Å². The molecule has 1 aromatic carbocycles. The second-order valence-electron chi connectivity index (χ2n) is 4.90. The summed E-state index contributed by atoms with van der Waals surface area (Å²) in [6.07, 6.45) is 0. The van der Waals surface area contributed by atoms with Gasteiger partial charge in [-0.25, -0.2) is 4.39 Å². The summed E-state index contributed by atoms with van der Waals surface area (Å²) in [5.74, 6) is -1.16. The molecule has 0 spiro atoms. The number of carbonyl (C=O) groups excluding carboxylic acids is 1. The SMILES string of the molecule is CC1NCCN(C(=O)c2cc(F)ccc2[N+](=O)[O-])C1C.Cl. The van der Waals surface area contributed by atoms with Gasteiger partial charge in [-0.3, -0.25) is 14.9 Å². The molecule has 1 aliphatic heterocycles. The molecule has 1 fully saturated rings. The van der Waals surface area contributed by atoms with Crippen LogP contribution in [0.1, 0.15) is 24.2 Å². The molecule has 0 aromatic heterocycles. The van der Waals surface area contributed by atoms with Gasteiger partial charge in [-0.2, -0.15) is 0 Å². The lowest BCUT2D eigenvalue weighted by molar-refractivity contribution is -0.385. The van der Waals surface area contributed by atoms with Crippen molar-refractivity contribution in [2.75, 3.05) is 13.1 Å². The average molecular weight is 318 g/mol. The number of hydrogen-bond donors (Lipinski definition) is 1. The second kappa shape index (κ2) is 6.82. The van der Waals surface area contributed by atoms with E-state index in [1.165, 1.54) is 0 Å². The first kappa shape index (κ1) is 17.3. The zero-order valence-corrected chi connectivity index (χ0v) is 12.5. The van der Waals surface area contributed by atoms with Crippen molar-refractivity contribution in [3.63, 3.8) is 0 Å². The zero-order valence-electron chi connectivity index (χ0n) is 11.7. The first-order valence-electron chi connectivity index (χ1n) is 6.40. The molecule has 1 aromatic rings. The largest absolute Gasteiger partial charge is 0.333 e. The van der Waals surface area contributed by atoms with Crippen molar-refractivity contribution in [3.8, 4) is 0 Å². The molecule has 21 heavy (non-hydrogen) atoms. The van der Waals surface area contributed by atoms with Crippen LogP contribution in [0.3, 0.4) is 0 Å². The zero-order chi connectivity index (χ0) is 14.9. The molecule has 2 atom stereocenters. The first-order chi connectivity index (χ1) is 9.41. The Morgan fingerprint density at radius 1 is 1.48 bits per heavy atom. The third-order valence-electron chi connectivity index (χ3n) is 3.68. The van der Waals surface area contributed by atoms with Gasteiger partial charge in [0, 0.05) is 31.2 Å². The summed E-state index contributed by atoms with van der Waals surface area (Å²) in [6, 6.07) is 2.91. The maximum Gasteiger partial charge on any atom is 0.282 e. The van der Waals surface area contributed by atoms with E-state index < -0.39 is 16.6 Å². The van der Waals surface area contributed by atoms with Crippen LogP contribution in [0.4, 0.5) is 10.1 Å². The maximum atomic E-state index is 13.3. The molecule has 0 radical (unpaired) electrons. The Labute approximate surface area is 127 Å². The third kappa shape index (κ3) is 3.48. The van der Waals surface area contributed by atoms with E-state index in [1.54, 1.807) is 4.90 Å². The molecule has 1 heterocycles. The van der Waals surface area contributed by atoms with E-state index in [2.05, 4.69) is 5.32 Å². The number of benzene rings is 1. The van der Waals surface area contributed by atoms with Crippen LogP contribution in [0.25, 0.3) is 0 Å². The van der Waals surface area contributed by atoms with E-state index in [1.807, 2.05) is 13.8 Å². The van der Waals surface area contributed by atoms with Crippen LogP contribution in [0.5, 0.6) is 0 Å². The number of carbonyl (C=O) groups is 1. The third-order valence-corrected chi connectivity index (χ3v) is 3.68. The lowest BCUT2D eigenvalue weighted by Gasteiger charge is -2.38. The second-order valence-corrected chi connectivity index (χ2v) is 4.90. The number of halogens is 2. The number of nitrogens with zero attached hydrogens (tertiary/aromatic N) is 2. The molecule has 0 saturated carbocycles. The summed E-state index contributed by atoms with van der Waals surface area (Å²) in [4.78, 5) is 24.3. The molecule has 1 saturated heterocycles. The summed E-state index contributed by atoms with van der Waals surface area (Å²) >= 11 is 0. The number of rotatable bonds is 2. The van der Waals surface area contributed by atoms with Crippen LogP contribution in [-0.4, -0.2) is 40.9 Å². The Morgan fingerprint density at radius 2 is 2.14 bits per heavy atom. The van der Waals surface area contributed by atoms with E-state index >= 15 is 0 Å². The van der Waals surface area contributed by atoms with Gasteiger partial charge in [0.2, 0.25) is 0 Å². The molecule has 8 heteroatoms. The van der Waals surface area contributed by atoms with E-state index in [-0.39, 0.29) is 35.7 Å². The van der Waals surface area contributed by atoms with Crippen molar-refractivity contribution >= 4 is 24.0 Å². The van der Waals surface area contributed by atoms with Gasteiger partial charge >= 0.3 is 0 Å². The minimum absolute atomic E-state index is 0. The number of piperazine rings is 1. The average Bonchev–Trinajstić information content (AvgIpc) is 2.40. The lowest BCUT2D eigenvalue weighted by Crippen LogP contribution is -2.57. The quantitative estimate of drug-likeness (QED) is 0.668. The van der Waals surface area contributed by atoms with Crippen molar-refractivity contribution in [3.05, 3.63) is 39.7 Å². The number of nitrogens with one attached hydrogen (secondary N) is 1. The van der Waals surface area contributed by atoms with E-state index in [9.17, 15) is 19.3 Å². The number of amides is 1. The van der Waals surface area contributed by atoms with Gasteiger partial charge in [0.15, 0.2) is 0 Å². The van der Waals surface area contributed by atoms with Crippen LogP contribution in [0.2, 0.25) is 0 Å². The van der Waals surface area contributed by atoms with E-state index in [0.717, 1.165) is 18.2 Å². The summed E-state index contributed by atoms with van der Waals surface area (Å²) in [5, 5.41) is 14.2. The molecule has 0 aliphatic carbocycles. The Balaban J connectivity index is 0.00000220. The first-order valence-corrected chi connectivity index (χ1v) is 6.40. The van der Waals surface area contributed by atoms with Gasteiger partial charge in [-0.05, 0) is 26.0 Å². The van der Waals surface area contributed by atoms with Gasteiger partial charge in [0.05, 0.1) is 4.92 Å². The molecule has 1 aliphatic rings. The molecule has 2 rings (SSSR count). The minimum atomic E-state index is -0.664. The minimum Gasteiger partial charge on any atom is -0.333 e. The molecule has 1 N–H and O–H groups in total. The highest BCUT2D eigenvalue weighted by atomic mass is 35.5. The highest BCUT2D eigenvalue weighted by Gasteiger charge is 2.32. The van der Waals surface area contributed by atoms with E-state index in [4.69, 9.17) is 0 Å². The Hall–Kier alpha value is -1.73. The summed E-state index contributed by atoms with van der Waals surface area (Å²) < 4.78 is 13.3. The van der Waals surface area contributed by atoms with Crippen LogP contribution in [0, 0.1) is 15.9 Å². The maximum absolute atomic E-state index is 13.3. The molecular weight excluding hydrogens is 301 g/mol. The highest BCUT2D eigenvalue weighted by molar-refractivity contribution is 5.98. The summed E-state index contributed by atoms with van der Waals surface area (Å²) in [7, 11) is 0. The fourth-order valence-electron chi connectivity index (χ4n) is 2.34. The summed E-state index contributed by atoms with van der Waals surface area (Å²) in [5.41, 5.74) is -0.564.